The number of carbonyl (C=O) groups excluding carboxylic acids is 1. The van der Waals surface area contributed by atoms with Gasteiger partial charge in [-0.25, -0.2) is 8.42 Å². The molecule has 0 radical (unpaired) electrons. The van der Waals surface area contributed by atoms with Crippen LogP contribution in [0.3, 0.4) is 0 Å². The predicted molar refractivity (Wildman–Crippen MR) is 96.8 cm³/mol. The normalized spacial score (nSPS) is 12.6. The van der Waals surface area contributed by atoms with E-state index < -0.39 is 21.0 Å². The SMILES string of the molecule is C[C@H](C(=O)NCc1ccccc1)S(=O)(=O)Cc1ccc(Cl)c(Cl)c1. The lowest BCUT2D eigenvalue weighted by Gasteiger charge is -2.14. The Morgan fingerprint density at radius 3 is 2.33 bits per heavy atom. The molecule has 1 amide bonds. The van der Waals surface area contributed by atoms with Gasteiger partial charge in [-0.05, 0) is 30.2 Å². The Morgan fingerprint density at radius 1 is 1.04 bits per heavy atom. The van der Waals surface area contributed by atoms with E-state index in [1.165, 1.54) is 19.1 Å². The van der Waals surface area contributed by atoms with E-state index in [4.69, 9.17) is 23.2 Å². The van der Waals surface area contributed by atoms with Crippen molar-refractivity contribution in [2.75, 3.05) is 0 Å². The standard InChI is InChI=1S/C17H17Cl2NO3S/c1-12(17(21)20-10-13-5-3-2-4-6-13)24(22,23)11-14-7-8-15(18)16(19)9-14/h2-9,12H,10-11H2,1H3,(H,20,21)/t12-/m1/s1. The van der Waals surface area contributed by atoms with E-state index >= 15 is 0 Å². The first kappa shape index (κ1) is 18.8. The van der Waals surface area contributed by atoms with E-state index in [-0.39, 0.29) is 17.3 Å². The van der Waals surface area contributed by atoms with Crippen LogP contribution in [0.1, 0.15) is 18.1 Å². The molecule has 0 aliphatic rings. The molecule has 24 heavy (non-hydrogen) atoms. The molecular weight excluding hydrogens is 369 g/mol. The molecule has 0 aromatic heterocycles. The third-order valence-corrected chi connectivity index (χ3v) is 6.34. The smallest absolute Gasteiger partial charge is 0.238 e. The van der Waals surface area contributed by atoms with Crippen LogP contribution < -0.4 is 5.32 Å². The first-order chi connectivity index (χ1) is 11.3. The van der Waals surface area contributed by atoms with Crippen molar-refractivity contribution in [3.8, 4) is 0 Å². The van der Waals surface area contributed by atoms with Crippen LogP contribution in [0, 0.1) is 0 Å². The maximum Gasteiger partial charge on any atom is 0.238 e. The Labute approximate surface area is 151 Å². The number of halogens is 2. The summed E-state index contributed by atoms with van der Waals surface area (Å²) in [7, 11) is -3.66. The molecule has 7 heteroatoms. The van der Waals surface area contributed by atoms with Crippen LogP contribution in [-0.4, -0.2) is 19.6 Å². The molecule has 0 saturated carbocycles. The molecule has 0 aliphatic carbocycles. The van der Waals surface area contributed by atoms with Crippen molar-refractivity contribution < 1.29 is 13.2 Å². The Bertz CT molecular complexity index is 823. The molecule has 1 atom stereocenters. The Kier molecular flexibility index (Phi) is 6.27. The molecule has 0 unspecified atom stereocenters. The molecule has 4 nitrogen and oxygen atoms in total. The van der Waals surface area contributed by atoms with Crippen LogP contribution >= 0.6 is 23.2 Å². The first-order valence-electron chi connectivity index (χ1n) is 7.27. The van der Waals surface area contributed by atoms with Gasteiger partial charge in [0.25, 0.3) is 0 Å². The number of rotatable bonds is 6. The summed E-state index contributed by atoms with van der Waals surface area (Å²) in [6, 6.07) is 13.9. The minimum atomic E-state index is -3.66. The number of hydrogen-bond acceptors (Lipinski definition) is 3. The molecule has 0 spiro atoms. The van der Waals surface area contributed by atoms with E-state index in [1.807, 2.05) is 30.3 Å². The number of sulfone groups is 1. The average Bonchev–Trinajstić information content (AvgIpc) is 2.56. The summed E-state index contributed by atoms with van der Waals surface area (Å²) in [6.07, 6.45) is 0. The lowest BCUT2D eigenvalue weighted by molar-refractivity contribution is -0.120. The van der Waals surface area contributed by atoms with Crippen molar-refractivity contribution in [1.29, 1.82) is 0 Å². The van der Waals surface area contributed by atoms with Gasteiger partial charge in [0.15, 0.2) is 9.84 Å². The zero-order valence-corrected chi connectivity index (χ0v) is 15.3. The van der Waals surface area contributed by atoms with Gasteiger partial charge in [0.1, 0.15) is 5.25 Å². The maximum atomic E-state index is 12.4. The van der Waals surface area contributed by atoms with Crippen LogP contribution in [0.5, 0.6) is 0 Å². The molecule has 128 valence electrons. The quantitative estimate of drug-likeness (QED) is 0.825. The van der Waals surface area contributed by atoms with Crippen molar-refractivity contribution in [3.63, 3.8) is 0 Å². The minimum Gasteiger partial charge on any atom is -0.351 e. The third kappa shape index (κ3) is 4.97. The fourth-order valence-corrected chi connectivity index (χ4v) is 3.70. The fraction of sp³-hybridized carbons (Fsp3) is 0.235. The number of nitrogens with one attached hydrogen (secondary N) is 1. The summed E-state index contributed by atoms with van der Waals surface area (Å²) in [5.41, 5.74) is 1.40. The van der Waals surface area contributed by atoms with Gasteiger partial charge in [0, 0.05) is 6.54 Å². The summed E-state index contributed by atoms with van der Waals surface area (Å²) in [5.74, 6) is -0.803. The topological polar surface area (TPSA) is 63.2 Å². The van der Waals surface area contributed by atoms with E-state index in [9.17, 15) is 13.2 Å². The number of carbonyl (C=O) groups is 1. The highest BCUT2D eigenvalue weighted by Crippen LogP contribution is 2.24. The molecule has 2 aromatic carbocycles. The molecule has 1 N–H and O–H groups in total. The lowest BCUT2D eigenvalue weighted by atomic mass is 10.2. The van der Waals surface area contributed by atoms with E-state index in [2.05, 4.69) is 5.32 Å². The summed E-state index contributed by atoms with van der Waals surface area (Å²) >= 11 is 11.7. The zero-order chi connectivity index (χ0) is 17.7. The van der Waals surface area contributed by atoms with Gasteiger partial charge in [0.2, 0.25) is 5.91 Å². The lowest BCUT2D eigenvalue weighted by Crippen LogP contribution is -2.38. The molecule has 0 heterocycles. The van der Waals surface area contributed by atoms with Crippen molar-refractivity contribution in [2.45, 2.75) is 24.5 Å². The van der Waals surface area contributed by atoms with Crippen LogP contribution in [0.15, 0.2) is 48.5 Å². The van der Waals surface area contributed by atoms with Crippen molar-refractivity contribution in [1.82, 2.24) is 5.32 Å². The molecular formula is C17H17Cl2NO3S. The highest BCUT2D eigenvalue weighted by Gasteiger charge is 2.28. The monoisotopic (exact) mass is 385 g/mol. The second kappa shape index (κ2) is 8.01. The summed E-state index contributed by atoms with van der Waals surface area (Å²) in [5, 5.41) is 2.13. The summed E-state index contributed by atoms with van der Waals surface area (Å²) in [6.45, 7) is 1.67. The number of benzene rings is 2. The first-order valence-corrected chi connectivity index (χ1v) is 9.74. The van der Waals surface area contributed by atoms with Gasteiger partial charge >= 0.3 is 0 Å². The highest BCUT2D eigenvalue weighted by molar-refractivity contribution is 7.92. The second-order valence-corrected chi connectivity index (χ2v) is 8.54. The Balaban J connectivity index is 2.02. The number of amides is 1. The van der Waals surface area contributed by atoms with E-state index in [0.717, 1.165) is 5.56 Å². The zero-order valence-electron chi connectivity index (χ0n) is 13.0. The van der Waals surface area contributed by atoms with Gasteiger partial charge in [-0.2, -0.15) is 0 Å². The van der Waals surface area contributed by atoms with Gasteiger partial charge in [-0.3, -0.25) is 4.79 Å². The van der Waals surface area contributed by atoms with Crippen LogP contribution in [-0.2, 0) is 26.9 Å². The molecule has 0 aliphatic heterocycles. The van der Waals surface area contributed by atoms with Crippen LogP contribution in [0.25, 0.3) is 0 Å². The highest BCUT2D eigenvalue weighted by atomic mass is 35.5. The van der Waals surface area contributed by atoms with Gasteiger partial charge in [-0.1, -0.05) is 59.6 Å². The summed E-state index contributed by atoms with van der Waals surface area (Å²) < 4.78 is 24.8. The fourth-order valence-electron chi connectivity index (χ4n) is 2.08. The molecule has 0 saturated heterocycles. The number of hydrogen-bond donors (Lipinski definition) is 1. The largest absolute Gasteiger partial charge is 0.351 e. The van der Waals surface area contributed by atoms with Gasteiger partial charge in [-0.15, -0.1) is 0 Å². The minimum absolute atomic E-state index is 0.274. The molecule has 2 aromatic rings. The Hall–Kier alpha value is -1.56. The van der Waals surface area contributed by atoms with Crippen molar-refractivity contribution >= 4 is 38.9 Å². The average molecular weight is 386 g/mol. The molecule has 0 fully saturated rings. The van der Waals surface area contributed by atoms with Gasteiger partial charge in [0.05, 0.1) is 15.8 Å². The van der Waals surface area contributed by atoms with E-state index in [0.29, 0.717) is 10.6 Å². The van der Waals surface area contributed by atoms with Crippen LogP contribution in [0.2, 0.25) is 10.0 Å². The van der Waals surface area contributed by atoms with Crippen molar-refractivity contribution in [2.24, 2.45) is 0 Å². The second-order valence-electron chi connectivity index (χ2n) is 5.40. The Morgan fingerprint density at radius 2 is 1.71 bits per heavy atom. The van der Waals surface area contributed by atoms with Gasteiger partial charge < -0.3 is 5.32 Å². The van der Waals surface area contributed by atoms with E-state index in [1.54, 1.807) is 6.07 Å². The van der Waals surface area contributed by atoms with Crippen molar-refractivity contribution in [3.05, 3.63) is 69.7 Å². The maximum absolute atomic E-state index is 12.4. The summed E-state index contributed by atoms with van der Waals surface area (Å²) in [4.78, 5) is 12.1. The predicted octanol–water partition coefficient (Wildman–Crippen LogP) is 3.61. The van der Waals surface area contributed by atoms with Crippen LogP contribution in [0.4, 0.5) is 0 Å². The third-order valence-electron chi connectivity index (χ3n) is 3.57. The molecule has 0 bridgehead atoms. The molecule has 2 rings (SSSR count).